The Labute approximate surface area is 96.3 Å². The largest absolute Gasteiger partial charge is 0.388 e. The molecule has 0 aromatic rings. The minimum Gasteiger partial charge on any atom is -0.388 e. The predicted molar refractivity (Wildman–Crippen MR) is 60.9 cm³/mol. The van der Waals surface area contributed by atoms with Gasteiger partial charge in [-0.2, -0.15) is 0 Å². The van der Waals surface area contributed by atoms with Gasteiger partial charge < -0.3 is 20.9 Å². The summed E-state index contributed by atoms with van der Waals surface area (Å²) >= 11 is 0. The van der Waals surface area contributed by atoms with Crippen LogP contribution in [0.2, 0.25) is 0 Å². The Morgan fingerprint density at radius 1 is 1.50 bits per heavy atom. The Morgan fingerprint density at radius 2 is 2.06 bits per heavy atom. The van der Waals surface area contributed by atoms with E-state index >= 15 is 0 Å². The third-order valence-electron chi connectivity index (χ3n) is 2.65. The highest BCUT2D eigenvalue weighted by atomic mass is 16.5. The molecule has 0 radical (unpaired) electrons. The standard InChI is InChI=1S/C11H22N2O3/c1-10(2,12)7-9(14)13-8-11(15)3-5-16-6-4-11/h15H,3-8,12H2,1-2H3,(H,13,14). The number of amides is 1. The molecule has 0 aromatic carbocycles. The molecule has 1 heterocycles. The fraction of sp³-hybridized carbons (Fsp3) is 0.909. The summed E-state index contributed by atoms with van der Waals surface area (Å²) in [6.07, 6.45) is 1.40. The second-order valence-electron chi connectivity index (χ2n) is 5.28. The molecule has 16 heavy (non-hydrogen) atoms. The fourth-order valence-corrected chi connectivity index (χ4v) is 1.67. The summed E-state index contributed by atoms with van der Waals surface area (Å²) in [4.78, 5) is 11.5. The molecule has 0 bridgehead atoms. The lowest BCUT2D eigenvalue weighted by atomic mass is 9.94. The summed E-state index contributed by atoms with van der Waals surface area (Å²) in [7, 11) is 0. The van der Waals surface area contributed by atoms with Crippen LogP contribution in [0.3, 0.4) is 0 Å². The van der Waals surface area contributed by atoms with Crippen LogP contribution in [0.5, 0.6) is 0 Å². The number of hydrogen-bond acceptors (Lipinski definition) is 4. The van der Waals surface area contributed by atoms with E-state index in [1.54, 1.807) is 13.8 Å². The highest BCUT2D eigenvalue weighted by Gasteiger charge is 2.30. The van der Waals surface area contributed by atoms with Crippen LogP contribution in [0.15, 0.2) is 0 Å². The van der Waals surface area contributed by atoms with Gasteiger partial charge in [0, 0.05) is 44.6 Å². The van der Waals surface area contributed by atoms with Crippen LogP contribution < -0.4 is 11.1 Å². The maximum absolute atomic E-state index is 11.5. The van der Waals surface area contributed by atoms with Crippen LogP contribution in [0.4, 0.5) is 0 Å². The van der Waals surface area contributed by atoms with Crippen molar-refractivity contribution in [1.82, 2.24) is 5.32 Å². The molecule has 0 aliphatic carbocycles. The van der Waals surface area contributed by atoms with Gasteiger partial charge in [0.05, 0.1) is 5.60 Å². The summed E-state index contributed by atoms with van der Waals surface area (Å²) < 4.78 is 5.16. The molecule has 1 rings (SSSR count). The van der Waals surface area contributed by atoms with E-state index in [9.17, 15) is 9.90 Å². The lowest BCUT2D eigenvalue weighted by Crippen LogP contribution is -2.48. The predicted octanol–water partition coefficient (Wildman–Crippen LogP) is -0.228. The van der Waals surface area contributed by atoms with E-state index in [-0.39, 0.29) is 18.9 Å². The van der Waals surface area contributed by atoms with E-state index in [1.807, 2.05) is 0 Å². The highest BCUT2D eigenvalue weighted by Crippen LogP contribution is 2.19. The monoisotopic (exact) mass is 230 g/mol. The first-order chi connectivity index (χ1) is 7.31. The Morgan fingerprint density at radius 3 is 2.56 bits per heavy atom. The maximum atomic E-state index is 11.5. The summed E-state index contributed by atoms with van der Waals surface area (Å²) in [5, 5.41) is 12.8. The van der Waals surface area contributed by atoms with Crippen LogP contribution in [0, 0.1) is 0 Å². The summed E-state index contributed by atoms with van der Waals surface area (Å²) in [5.74, 6) is -0.118. The van der Waals surface area contributed by atoms with Crippen molar-refractivity contribution in [3.8, 4) is 0 Å². The normalized spacial score (nSPS) is 20.5. The molecular weight excluding hydrogens is 208 g/mol. The Balaban J connectivity index is 2.30. The van der Waals surface area contributed by atoms with E-state index in [2.05, 4.69) is 5.32 Å². The fourth-order valence-electron chi connectivity index (χ4n) is 1.67. The molecule has 0 unspecified atom stereocenters. The van der Waals surface area contributed by atoms with E-state index in [1.165, 1.54) is 0 Å². The summed E-state index contributed by atoms with van der Waals surface area (Å²) in [6, 6.07) is 0. The Bertz CT molecular complexity index is 242. The third-order valence-corrected chi connectivity index (χ3v) is 2.65. The van der Waals surface area contributed by atoms with Crippen molar-refractivity contribution in [3.05, 3.63) is 0 Å². The molecule has 94 valence electrons. The molecule has 5 heteroatoms. The molecule has 1 saturated heterocycles. The zero-order valence-corrected chi connectivity index (χ0v) is 10.1. The van der Waals surface area contributed by atoms with Crippen LogP contribution >= 0.6 is 0 Å². The smallest absolute Gasteiger partial charge is 0.221 e. The van der Waals surface area contributed by atoms with Gasteiger partial charge in [0.25, 0.3) is 0 Å². The second kappa shape index (κ2) is 5.12. The topological polar surface area (TPSA) is 84.6 Å². The van der Waals surface area contributed by atoms with Gasteiger partial charge in [-0.05, 0) is 13.8 Å². The molecular formula is C11H22N2O3. The Hall–Kier alpha value is -0.650. The van der Waals surface area contributed by atoms with E-state index < -0.39 is 11.1 Å². The number of nitrogens with two attached hydrogens (primary N) is 1. The van der Waals surface area contributed by atoms with Gasteiger partial charge in [0.15, 0.2) is 0 Å². The number of carbonyl (C=O) groups is 1. The van der Waals surface area contributed by atoms with Gasteiger partial charge in [-0.15, -0.1) is 0 Å². The molecule has 1 fully saturated rings. The molecule has 0 saturated carbocycles. The summed E-state index contributed by atoms with van der Waals surface area (Å²) in [6.45, 7) is 4.99. The van der Waals surface area contributed by atoms with Crippen molar-refractivity contribution in [2.24, 2.45) is 5.73 Å². The quantitative estimate of drug-likeness (QED) is 0.623. The first-order valence-electron chi connectivity index (χ1n) is 5.67. The molecule has 1 aliphatic heterocycles. The van der Waals surface area contributed by atoms with Gasteiger partial charge in [0.2, 0.25) is 5.91 Å². The maximum Gasteiger partial charge on any atom is 0.221 e. The zero-order valence-electron chi connectivity index (χ0n) is 10.1. The lowest BCUT2D eigenvalue weighted by molar-refractivity contribution is -0.124. The van der Waals surface area contributed by atoms with Crippen molar-refractivity contribution in [2.75, 3.05) is 19.8 Å². The number of hydrogen-bond donors (Lipinski definition) is 3. The average molecular weight is 230 g/mol. The van der Waals surface area contributed by atoms with Crippen LogP contribution in [-0.4, -0.2) is 41.9 Å². The zero-order chi connectivity index (χ0) is 12.2. The van der Waals surface area contributed by atoms with Crippen LogP contribution in [0.1, 0.15) is 33.1 Å². The van der Waals surface area contributed by atoms with Crippen molar-refractivity contribution < 1.29 is 14.6 Å². The number of rotatable bonds is 4. The van der Waals surface area contributed by atoms with Crippen LogP contribution in [-0.2, 0) is 9.53 Å². The first kappa shape index (κ1) is 13.4. The van der Waals surface area contributed by atoms with Crippen molar-refractivity contribution in [1.29, 1.82) is 0 Å². The Kier molecular flexibility index (Phi) is 4.29. The van der Waals surface area contributed by atoms with Gasteiger partial charge in [-0.1, -0.05) is 0 Å². The van der Waals surface area contributed by atoms with Gasteiger partial charge in [-0.3, -0.25) is 4.79 Å². The first-order valence-corrected chi connectivity index (χ1v) is 5.67. The molecule has 0 spiro atoms. The number of aliphatic hydroxyl groups is 1. The highest BCUT2D eigenvalue weighted by molar-refractivity contribution is 5.77. The minimum atomic E-state index is -0.813. The van der Waals surface area contributed by atoms with E-state index in [0.29, 0.717) is 26.1 Å². The molecule has 4 N–H and O–H groups in total. The van der Waals surface area contributed by atoms with E-state index in [4.69, 9.17) is 10.5 Å². The summed E-state index contributed by atoms with van der Waals surface area (Å²) in [5.41, 5.74) is 4.41. The third kappa shape index (κ3) is 4.92. The molecule has 0 aromatic heterocycles. The van der Waals surface area contributed by atoms with Gasteiger partial charge in [0.1, 0.15) is 0 Å². The van der Waals surface area contributed by atoms with Gasteiger partial charge >= 0.3 is 0 Å². The lowest BCUT2D eigenvalue weighted by Gasteiger charge is -2.32. The number of ether oxygens (including phenoxy) is 1. The van der Waals surface area contributed by atoms with Crippen molar-refractivity contribution >= 4 is 5.91 Å². The molecule has 0 atom stereocenters. The van der Waals surface area contributed by atoms with Crippen LogP contribution in [0.25, 0.3) is 0 Å². The molecule has 1 aliphatic rings. The minimum absolute atomic E-state index is 0.118. The van der Waals surface area contributed by atoms with Crippen molar-refractivity contribution in [2.45, 2.75) is 44.2 Å². The number of carbonyl (C=O) groups excluding carboxylic acids is 1. The van der Waals surface area contributed by atoms with Gasteiger partial charge in [-0.25, -0.2) is 0 Å². The van der Waals surface area contributed by atoms with E-state index in [0.717, 1.165) is 0 Å². The van der Waals surface area contributed by atoms with Crippen molar-refractivity contribution in [3.63, 3.8) is 0 Å². The molecule has 1 amide bonds. The second-order valence-corrected chi connectivity index (χ2v) is 5.28. The average Bonchev–Trinajstić information content (AvgIpc) is 2.14. The SMILES string of the molecule is CC(C)(N)CC(=O)NCC1(O)CCOCC1. The number of nitrogens with one attached hydrogen (secondary N) is 1. The molecule has 5 nitrogen and oxygen atoms in total.